The predicted molar refractivity (Wildman–Crippen MR) is 129 cm³/mol. The number of carbonyl (C=O) groups excluding carboxylic acids is 1. The van der Waals surface area contributed by atoms with Crippen molar-refractivity contribution in [3.63, 3.8) is 0 Å². The summed E-state index contributed by atoms with van der Waals surface area (Å²) in [5, 5.41) is 14.1. The first-order chi connectivity index (χ1) is 16.4. The number of nitriles is 1. The van der Waals surface area contributed by atoms with Crippen molar-refractivity contribution in [2.24, 2.45) is 0 Å². The fourth-order valence-electron chi connectivity index (χ4n) is 3.79. The molecule has 9 heteroatoms. The van der Waals surface area contributed by atoms with E-state index in [1.54, 1.807) is 12.1 Å². The van der Waals surface area contributed by atoms with Gasteiger partial charge in [-0.25, -0.2) is 4.39 Å². The van der Waals surface area contributed by atoms with Crippen molar-refractivity contribution in [3.8, 4) is 29.0 Å². The number of alkyl halides is 4. The van der Waals surface area contributed by atoms with Gasteiger partial charge in [0.15, 0.2) is 0 Å². The highest BCUT2D eigenvalue weighted by atomic mass is 32.2. The van der Waals surface area contributed by atoms with Gasteiger partial charge in [-0.1, -0.05) is 66.4 Å². The first-order valence-corrected chi connectivity index (χ1v) is 12.1. The Balaban J connectivity index is 2.12. The molecule has 0 unspecified atom stereocenters. The number of thioether (sulfide) groups is 1. The van der Waals surface area contributed by atoms with Crippen LogP contribution in [0.3, 0.4) is 0 Å². The van der Waals surface area contributed by atoms with Crippen molar-refractivity contribution >= 4 is 17.7 Å². The molecule has 184 valence electrons. The normalized spacial score (nSPS) is 23.7. The number of nitrogens with zero attached hydrogens (tertiary/aromatic N) is 1. The maximum atomic E-state index is 14.8. The van der Waals surface area contributed by atoms with Gasteiger partial charge >= 0.3 is 6.18 Å². The summed E-state index contributed by atoms with van der Waals surface area (Å²) in [4.78, 5) is 13.0. The second kappa shape index (κ2) is 10.7. The molecule has 1 heterocycles. The lowest BCUT2D eigenvalue weighted by molar-refractivity contribution is -0.185. The van der Waals surface area contributed by atoms with Crippen LogP contribution in [0.5, 0.6) is 0 Å². The highest BCUT2D eigenvalue weighted by Crippen LogP contribution is 2.40. The van der Waals surface area contributed by atoms with E-state index in [0.717, 1.165) is 17.3 Å². The Bertz CT molecular complexity index is 1130. The van der Waals surface area contributed by atoms with Gasteiger partial charge < -0.3 is 5.32 Å². The van der Waals surface area contributed by atoms with Crippen LogP contribution in [0, 0.1) is 23.2 Å². The summed E-state index contributed by atoms with van der Waals surface area (Å²) < 4.78 is 59.0. The molecule has 0 aliphatic carbocycles. The van der Waals surface area contributed by atoms with Crippen LogP contribution in [0.4, 0.5) is 17.6 Å². The van der Waals surface area contributed by atoms with Crippen molar-refractivity contribution in [2.75, 3.05) is 11.5 Å². The predicted octanol–water partition coefficient (Wildman–Crippen LogP) is 4.97. The summed E-state index contributed by atoms with van der Waals surface area (Å²) in [6, 6.07) is 14.3. The smallest absolute Gasteiger partial charge is 0.338 e. The number of nitrogens with one attached hydrogen (secondary N) is 2. The van der Waals surface area contributed by atoms with Crippen LogP contribution in [-0.2, 0) is 10.3 Å². The standard InChI is InChI=1S/C26H25F4N3OS/c1-24(2,27)15-22-23(34)32-21(16-31)17-35-14-6-13-25(33-22,26(28,29)30)20-11-9-19(10-12-20)18-7-4-3-5-8-18/h3-5,7-12,21-22,33H,14-15,17H2,1-2H3,(H,32,34)/t21-,22+,25+/m1/s1. The second-order valence-electron chi connectivity index (χ2n) is 8.82. The first-order valence-electron chi connectivity index (χ1n) is 10.9. The van der Waals surface area contributed by atoms with Gasteiger partial charge in [-0.15, -0.1) is 11.8 Å². The van der Waals surface area contributed by atoms with Gasteiger partial charge in [0.05, 0.1) is 17.9 Å². The van der Waals surface area contributed by atoms with E-state index in [9.17, 15) is 27.6 Å². The quantitative estimate of drug-likeness (QED) is 0.457. The lowest BCUT2D eigenvalue weighted by Gasteiger charge is -2.37. The van der Waals surface area contributed by atoms with Gasteiger partial charge in [-0.2, -0.15) is 18.4 Å². The number of rotatable bonds is 4. The van der Waals surface area contributed by atoms with Crippen molar-refractivity contribution in [3.05, 3.63) is 60.2 Å². The van der Waals surface area contributed by atoms with Gasteiger partial charge in [-0.3, -0.25) is 10.1 Å². The van der Waals surface area contributed by atoms with E-state index in [2.05, 4.69) is 22.5 Å². The molecular formula is C26H25F4N3OS. The number of carbonyl (C=O) groups is 1. The third-order valence-corrected chi connectivity index (χ3v) is 6.37. The molecule has 0 aromatic heterocycles. The van der Waals surface area contributed by atoms with Crippen LogP contribution in [-0.4, -0.2) is 41.3 Å². The average molecular weight is 504 g/mol. The third-order valence-electron chi connectivity index (χ3n) is 5.45. The minimum Gasteiger partial charge on any atom is -0.338 e. The van der Waals surface area contributed by atoms with Crippen LogP contribution in [0.15, 0.2) is 54.6 Å². The molecule has 2 aromatic rings. The number of amides is 1. The van der Waals surface area contributed by atoms with Crippen LogP contribution >= 0.6 is 11.8 Å². The van der Waals surface area contributed by atoms with E-state index < -0.39 is 41.8 Å². The Morgan fingerprint density at radius 3 is 2.29 bits per heavy atom. The fraction of sp³-hybridized carbons (Fsp3) is 0.385. The topological polar surface area (TPSA) is 64.9 Å². The number of hydrogen-bond donors (Lipinski definition) is 2. The van der Waals surface area contributed by atoms with Gasteiger partial charge in [-0.05, 0) is 30.5 Å². The van der Waals surface area contributed by atoms with Crippen LogP contribution in [0.1, 0.15) is 25.8 Å². The Kier molecular flexibility index (Phi) is 8.15. The Hall–Kier alpha value is -3.01. The van der Waals surface area contributed by atoms with Gasteiger partial charge in [0, 0.05) is 12.2 Å². The maximum absolute atomic E-state index is 14.8. The minimum absolute atomic E-state index is 0.0227. The lowest BCUT2D eigenvalue weighted by Crippen LogP contribution is -2.61. The van der Waals surface area contributed by atoms with Crippen molar-refractivity contribution in [1.29, 1.82) is 5.26 Å². The molecule has 0 spiro atoms. The molecule has 0 fully saturated rings. The number of hydrogen-bond acceptors (Lipinski definition) is 4. The molecule has 3 rings (SSSR count). The van der Waals surface area contributed by atoms with Gasteiger partial charge in [0.25, 0.3) is 0 Å². The molecule has 3 atom stereocenters. The number of halogens is 4. The minimum atomic E-state index is -4.94. The van der Waals surface area contributed by atoms with E-state index in [-0.39, 0.29) is 17.1 Å². The summed E-state index contributed by atoms with van der Waals surface area (Å²) in [6.07, 6.45) is -5.49. The molecule has 2 aromatic carbocycles. The molecule has 0 saturated heterocycles. The molecule has 0 bridgehead atoms. The second-order valence-corrected chi connectivity index (χ2v) is 9.85. The van der Waals surface area contributed by atoms with E-state index in [1.807, 2.05) is 36.4 Å². The van der Waals surface area contributed by atoms with E-state index >= 15 is 0 Å². The summed E-state index contributed by atoms with van der Waals surface area (Å²) in [5.74, 6) is 4.16. The molecule has 0 saturated carbocycles. The first kappa shape index (κ1) is 26.6. The molecule has 1 aliphatic rings. The van der Waals surface area contributed by atoms with Crippen molar-refractivity contribution < 1.29 is 22.4 Å². The maximum Gasteiger partial charge on any atom is 0.422 e. The summed E-state index contributed by atoms with van der Waals surface area (Å²) >= 11 is 1.14. The van der Waals surface area contributed by atoms with E-state index in [1.165, 1.54) is 26.0 Å². The highest BCUT2D eigenvalue weighted by Gasteiger charge is 2.57. The van der Waals surface area contributed by atoms with Gasteiger partial charge in [0.1, 0.15) is 11.7 Å². The highest BCUT2D eigenvalue weighted by molar-refractivity contribution is 7.99. The third kappa shape index (κ3) is 6.56. The SMILES string of the molecule is CC(C)(F)C[C@@H]1N[C@@](c2ccc(-c3ccccc3)cc2)(C(F)(F)F)C#CCSC[C@@H](C#N)NC1=O. The van der Waals surface area contributed by atoms with Gasteiger partial charge in [0.2, 0.25) is 11.4 Å². The zero-order chi connectivity index (χ0) is 25.7. The molecule has 35 heavy (non-hydrogen) atoms. The molecule has 0 radical (unpaired) electrons. The molecule has 1 aliphatic heterocycles. The van der Waals surface area contributed by atoms with E-state index in [4.69, 9.17) is 0 Å². The fourth-order valence-corrected chi connectivity index (χ4v) is 4.47. The van der Waals surface area contributed by atoms with Crippen LogP contribution < -0.4 is 10.6 Å². The van der Waals surface area contributed by atoms with Crippen molar-refractivity contribution in [1.82, 2.24) is 10.6 Å². The zero-order valence-electron chi connectivity index (χ0n) is 19.2. The Morgan fingerprint density at radius 1 is 1.09 bits per heavy atom. The van der Waals surface area contributed by atoms with Crippen LogP contribution in [0.2, 0.25) is 0 Å². The van der Waals surface area contributed by atoms with E-state index in [0.29, 0.717) is 5.56 Å². The summed E-state index contributed by atoms with van der Waals surface area (Å²) in [5.41, 5.74) is -3.57. The molecule has 2 N–H and O–H groups in total. The Morgan fingerprint density at radius 2 is 1.71 bits per heavy atom. The number of benzene rings is 2. The monoisotopic (exact) mass is 503 g/mol. The zero-order valence-corrected chi connectivity index (χ0v) is 20.1. The summed E-state index contributed by atoms with van der Waals surface area (Å²) in [6.45, 7) is 2.36. The van der Waals surface area contributed by atoms with Crippen molar-refractivity contribution in [2.45, 2.75) is 49.7 Å². The Labute approximate surface area is 206 Å². The lowest BCUT2D eigenvalue weighted by atomic mass is 9.86. The largest absolute Gasteiger partial charge is 0.422 e. The molecule has 1 amide bonds. The molecular weight excluding hydrogens is 478 g/mol. The van der Waals surface area contributed by atoms with Crippen LogP contribution in [0.25, 0.3) is 11.1 Å². The summed E-state index contributed by atoms with van der Waals surface area (Å²) in [7, 11) is 0. The average Bonchev–Trinajstić information content (AvgIpc) is 2.83. The molecule has 4 nitrogen and oxygen atoms in total.